The fourth-order valence-electron chi connectivity index (χ4n) is 8.91. The van der Waals surface area contributed by atoms with Gasteiger partial charge in [-0.2, -0.15) is 10.4 Å². The number of aromatic nitrogens is 4. The van der Waals surface area contributed by atoms with Crippen LogP contribution in [-0.4, -0.2) is 143 Å². The summed E-state index contributed by atoms with van der Waals surface area (Å²) in [5.41, 5.74) is 7.74. The van der Waals surface area contributed by atoms with Crippen molar-refractivity contribution in [2.75, 3.05) is 59.3 Å². The quantitative estimate of drug-likeness (QED) is 0.0654. The lowest BCUT2D eigenvalue weighted by atomic mass is 9.85. The van der Waals surface area contributed by atoms with E-state index in [4.69, 9.17) is 19.9 Å². The van der Waals surface area contributed by atoms with Crippen LogP contribution >= 0.6 is 0 Å². The van der Waals surface area contributed by atoms with Crippen molar-refractivity contribution in [2.24, 2.45) is 5.41 Å². The van der Waals surface area contributed by atoms with Crippen molar-refractivity contribution >= 4 is 41.3 Å². The van der Waals surface area contributed by atoms with Crippen LogP contribution in [0.2, 0.25) is 0 Å². The molecule has 23 heteroatoms. The van der Waals surface area contributed by atoms with Gasteiger partial charge in [0.25, 0.3) is 11.8 Å². The molecule has 6 atom stereocenters. The van der Waals surface area contributed by atoms with E-state index in [1.807, 2.05) is 58.0 Å². The zero-order valence-corrected chi connectivity index (χ0v) is 44.4. The molecular formula is C53H70FN13O9. The number of hydrogen-bond acceptors (Lipinski definition) is 15. The van der Waals surface area contributed by atoms with E-state index < -0.39 is 53.3 Å². The molecule has 1 saturated heterocycles. The third kappa shape index (κ3) is 14.6. The molecule has 7 N–H and O–H groups in total. The predicted octanol–water partition coefficient (Wildman–Crippen LogP) is 3.08. The number of fused-ring (bicyclic) bond motifs is 5. The molecule has 1 fully saturated rings. The number of carbonyl (C=O) groups is 6. The summed E-state index contributed by atoms with van der Waals surface area (Å²) >= 11 is 0. The van der Waals surface area contributed by atoms with E-state index >= 15 is 0 Å². The van der Waals surface area contributed by atoms with Crippen LogP contribution in [0.1, 0.15) is 112 Å². The molecule has 6 amide bonds. The molecule has 22 nitrogen and oxygen atoms in total. The Morgan fingerprint density at radius 2 is 1.71 bits per heavy atom. The summed E-state index contributed by atoms with van der Waals surface area (Å²) in [5.74, 6) is -2.92. The van der Waals surface area contributed by atoms with Gasteiger partial charge in [0, 0.05) is 50.1 Å². The minimum absolute atomic E-state index is 0.00125. The Labute approximate surface area is 442 Å². The van der Waals surface area contributed by atoms with E-state index in [1.54, 1.807) is 27.9 Å². The van der Waals surface area contributed by atoms with Crippen molar-refractivity contribution in [1.29, 1.82) is 5.26 Å². The van der Waals surface area contributed by atoms with Crippen LogP contribution in [0.4, 0.5) is 10.2 Å². The Bertz CT molecular complexity index is 2760. The summed E-state index contributed by atoms with van der Waals surface area (Å²) in [7, 11) is 3.21. The van der Waals surface area contributed by atoms with E-state index in [9.17, 15) is 38.4 Å². The fraction of sp³-hybridized carbons (Fsp3) is 0.509. The molecular weight excluding hydrogens is 982 g/mol. The van der Waals surface area contributed by atoms with Crippen LogP contribution in [0.3, 0.4) is 0 Å². The summed E-state index contributed by atoms with van der Waals surface area (Å²) < 4.78 is 33.1. The average molecular weight is 1050 g/mol. The Kier molecular flexibility index (Phi) is 20.0. The highest BCUT2D eigenvalue weighted by Crippen LogP contribution is 2.34. The largest absolute Gasteiger partial charge is 0.467 e. The van der Waals surface area contributed by atoms with Crippen molar-refractivity contribution in [3.63, 3.8) is 0 Å². The predicted molar refractivity (Wildman–Crippen MR) is 277 cm³/mol. The number of nitrogens with two attached hydrogens (primary N) is 1. The number of nitrogens with zero attached hydrogens (tertiary/aromatic N) is 7. The van der Waals surface area contributed by atoms with E-state index in [0.29, 0.717) is 17.7 Å². The number of benzene rings is 2. The van der Waals surface area contributed by atoms with Crippen molar-refractivity contribution in [3.05, 3.63) is 88.6 Å². The molecule has 2 aliphatic rings. The van der Waals surface area contributed by atoms with Gasteiger partial charge in [-0.25, -0.2) is 14.4 Å². The van der Waals surface area contributed by atoms with E-state index in [1.165, 1.54) is 38.9 Å². The molecule has 0 spiro atoms. The van der Waals surface area contributed by atoms with Crippen LogP contribution in [0.15, 0.2) is 54.7 Å². The van der Waals surface area contributed by atoms with Gasteiger partial charge in [-0.15, -0.1) is 0 Å². The highest BCUT2D eigenvalue weighted by Gasteiger charge is 2.46. The molecule has 4 aromatic rings. The third-order valence-electron chi connectivity index (χ3n) is 13.2. The van der Waals surface area contributed by atoms with Gasteiger partial charge in [0.05, 0.1) is 74.7 Å². The third-order valence-corrected chi connectivity index (χ3v) is 13.2. The van der Waals surface area contributed by atoms with Gasteiger partial charge in [-0.05, 0) is 62.9 Å². The van der Waals surface area contributed by atoms with E-state index in [2.05, 4.69) is 47.7 Å². The number of nitrogen functional groups attached to an aromatic ring is 1. The maximum Gasteiger partial charge on any atom is 0.258 e. The summed E-state index contributed by atoms with van der Waals surface area (Å²) in [6, 6.07) is 12.2. The van der Waals surface area contributed by atoms with Gasteiger partial charge >= 0.3 is 0 Å². The highest BCUT2D eigenvalue weighted by atomic mass is 19.1. The number of likely N-dealkylation sites (tertiary alicyclic amines) is 1. The average Bonchev–Trinajstić information content (AvgIpc) is 3.98. The zero-order chi connectivity index (χ0) is 55.3. The molecule has 6 rings (SSSR count). The number of nitriles is 1. The molecule has 2 aliphatic heterocycles. The summed E-state index contributed by atoms with van der Waals surface area (Å²) in [6.07, 6.45) is 1.32. The highest BCUT2D eigenvalue weighted by molar-refractivity contribution is 5.96. The van der Waals surface area contributed by atoms with Gasteiger partial charge in [-0.1, -0.05) is 58.0 Å². The van der Waals surface area contributed by atoms with Crippen molar-refractivity contribution in [3.8, 4) is 23.2 Å². The number of anilines is 1. The number of nitrogens with one attached hydrogen (secondary N) is 5. The van der Waals surface area contributed by atoms with Gasteiger partial charge in [0.2, 0.25) is 29.5 Å². The maximum atomic E-state index is 14.4. The van der Waals surface area contributed by atoms with Gasteiger partial charge in [-0.3, -0.25) is 33.4 Å². The number of rotatable bonds is 21. The lowest BCUT2D eigenvalue weighted by Gasteiger charge is -2.36. The van der Waals surface area contributed by atoms with Gasteiger partial charge in [0.1, 0.15) is 35.8 Å². The van der Waals surface area contributed by atoms with Gasteiger partial charge < -0.3 is 56.3 Å². The number of ether oxygens (including phenoxy) is 3. The fourth-order valence-corrected chi connectivity index (χ4v) is 8.91. The van der Waals surface area contributed by atoms with Crippen molar-refractivity contribution in [1.82, 2.24) is 56.1 Å². The molecule has 0 aliphatic carbocycles. The molecule has 0 radical (unpaired) electrons. The zero-order valence-electron chi connectivity index (χ0n) is 44.4. The van der Waals surface area contributed by atoms with Crippen molar-refractivity contribution in [2.45, 2.75) is 117 Å². The summed E-state index contributed by atoms with van der Waals surface area (Å²) in [4.78, 5) is 92.7. The molecule has 0 saturated carbocycles. The van der Waals surface area contributed by atoms with Crippen LogP contribution in [-0.2, 0) is 46.5 Å². The second-order valence-corrected chi connectivity index (χ2v) is 19.9. The first-order valence-electron chi connectivity index (χ1n) is 25.4. The molecule has 76 heavy (non-hydrogen) atoms. The normalized spacial score (nSPS) is 17.6. The first kappa shape index (κ1) is 57.7. The number of carbonyl (C=O) groups excluding carboxylic acids is 6. The SMILES string of the molecule is CC[C@@H](NC(=O)[C@@H]1C[C@H](NC(=O)CCOCCOCCC(=O)NCCn2nc3c(c2C#N)-c2cnc(N)c(n2)O[C@H](C)c2cc(F)ccc2C(=O)N(C)C3)CN1C(=O)[C@@H](NC(=O)[C@H](C)NC)C(C)(C)C)c1ccccc1. The Hall–Kier alpha value is -7.55. The number of hydrogen-bond donors (Lipinski definition) is 6. The second-order valence-electron chi connectivity index (χ2n) is 19.9. The van der Waals surface area contributed by atoms with E-state index in [-0.39, 0.29) is 136 Å². The van der Waals surface area contributed by atoms with Crippen molar-refractivity contribution < 1.29 is 47.4 Å². The van der Waals surface area contributed by atoms with Crippen LogP contribution in [0.5, 0.6) is 5.88 Å². The van der Waals surface area contributed by atoms with E-state index in [0.717, 1.165) is 5.56 Å². The van der Waals surface area contributed by atoms with Gasteiger partial charge in [0.15, 0.2) is 5.82 Å². The number of amides is 6. The minimum atomic E-state index is -0.956. The first-order chi connectivity index (χ1) is 36.2. The smallest absolute Gasteiger partial charge is 0.258 e. The Balaban J connectivity index is 0.963. The first-order valence-corrected chi connectivity index (χ1v) is 25.4. The topological polar surface area (TPSA) is 290 Å². The lowest BCUT2D eigenvalue weighted by Crippen LogP contribution is -2.59. The molecule has 4 heterocycles. The molecule has 2 aromatic carbocycles. The van der Waals surface area contributed by atoms with Crippen LogP contribution < -0.4 is 37.1 Å². The molecule has 0 unspecified atom stereocenters. The summed E-state index contributed by atoms with van der Waals surface area (Å²) in [6.45, 7) is 11.4. The molecule has 2 aromatic heterocycles. The maximum absolute atomic E-state index is 14.4. The number of halogens is 1. The standard InChI is InChI=1S/C53H70FN13O9/c1-9-38(33-13-11-10-12-14-33)61-49(71)41-26-35(29-66(41)52(73)46(53(4,5)6)63-48(70)31(2)57-7)60-44(69)18-22-75-24-23-74-21-17-43(68)58-19-20-67-42(27-55)45-39-28-59-47(56)50(62-39)76-32(3)37-25-34(54)15-16-36(37)51(72)65(8)30-40(45)64-67/h10-16,25,28,31-32,35,38,41,46,57H,9,17-24,26,29-30H2,1-8H3,(H2,56,59)(H,58,68)(H,60,69)(H,61,71)(H,63,70)/t31-,32+,35-,38+,41-,46+/m0/s1. The second kappa shape index (κ2) is 26.3. The van der Waals surface area contributed by atoms with Crippen LogP contribution in [0.25, 0.3) is 11.3 Å². The Morgan fingerprint density at radius 1 is 1.01 bits per heavy atom. The minimum Gasteiger partial charge on any atom is -0.467 e. The molecule has 408 valence electrons. The lowest BCUT2D eigenvalue weighted by molar-refractivity contribution is -0.144. The van der Waals surface area contributed by atoms with Crippen LogP contribution in [0, 0.1) is 22.6 Å². The monoisotopic (exact) mass is 1050 g/mol. The number of likely N-dealkylation sites (N-methyl/N-ethyl adjacent to an activating group) is 1. The summed E-state index contributed by atoms with van der Waals surface area (Å²) in [5, 5.41) is 29.6. The Morgan fingerprint density at radius 3 is 2.37 bits per heavy atom. The molecule has 2 bridgehead atoms.